The number of hydrogen-bond acceptors (Lipinski definition) is 3. The molecule has 1 fully saturated rings. The highest BCUT2D eigenvalue weighted by molar-refractivity contribution is 7.12. The molecule has 2 aromatic rings. The quantitative estimate of drug-likeness (QED) is 0.860. The first kappa shape index (κ1) is 14.8. The van der Waals surface area contributed by atoms with Crippen molar-refractivity contribution >= 4 is 23.2 Å². The first-order valence-corrected chi connectivity index (χ1v) is 8.22. The maximum atomic E-state index is 11.9. The van der Waals surface area contributed by atoms with Gasteiger partial charge < -0.3 is 10.6 Å². The zero-order chi connectivity index (χ0) is 15.4. The first-order valence-electron chi connectivity index (χ1n) is 7.34. The molecular formula is C17H18N2O2S. The molecule has 4 nitrogen and oxygen atoms in total. The molecule has 0 spiro atoms. The molecule has 0 atom stereocenters. The third kappa shape index (κ3) is 3.36. The van der Waals surface area contributed by atoms with Gasteiger partial charge in [0, 0.05) is 12.0 Å². The fourth-order valence-corrected chi connectivity index (χ4v) is 3.14. The average molecular weight is 314 g/mol. The standard InChI is InChI=1S/C17H18N2O2S/c20-15(11-18-16(21)14-7-4-10-22-14)19-12-17(8-9-17)13-5-2-1-3-6-13/h1-7,10H,8-9,11-12H2,(H,18,21)(H,19,20). The van der Waals surface area contributed by atoms with Crippen molar-refractivity contribution in [2.45, 2.75) is 18.3 Å². The molecular weight excluding hydrogens is 296 g/mol. The third-order valence-corrected chi connectivity index (χ3v) is 4.89. The Morgan fingerprint density at radius 1 is 1.05 bits per heavy atom. The monoisotopic (exact) mass is 314 g/mol. The van der Waals surface area contributed by atoms with Gasteiger partial charge in [-0.25, -0.2) is 0 Å². The van der Waals surface area contributed by atoms with Gasteiger partial charge in [-0.2, -0.15) is 0 Å². The second kappa shape index (κ2) is 6.32. The number of carbonyl (C=O) groups is 2. The fourth-order valence-electron chi connectivity index (χ4n) is 2.50. The molecule has 114 valence electrons. The van der Waals surface area contributed by atoms with Crippen molar-refractivity contribution in [1.82, 2.24) is 10.6 Å². The highest BCUT2D eigenvalue weighted by atomic mass is 32.1. The summed E-state index contributed by atoms with van der Waals surface area (Å²) in [5, 5.41) is 7.41. The molecule has 0 radical (unpaired) electrons. The van der Waals surface area contributed by atoms with Crippen molar-refractivity contribution in [2.24, 2.45) is 0 Å². The maximum absolute atomic E-state index is 11.9. The predicted octanol–water partition coefficient (Wildman–Crippen LogP) is 2.33. The van der Waals surface area contributed by atoms with Crippen LogP contribution in [0, 0.1) is 0 Å². The SMILES string of the molecule is O=C(CNC(=O)c1cccs1)NCC1(c2ccccc2)CC1. The number of benzene rings is 1. The van der Waals surface area contributed by atoms with Crippen molar-refractivity contribution < 1.29 is 9.59 Å². The van der Waals surface area contributed by atoms with Crippen molar-refractivity contribution in [3.8, 4) is 0 Å². The summed E-state index contributed by atoms with van der Waals surface area (Å²) in [4.78, 5) is 24.3. The Morgan fingerprint density at radius 2 is 1.82 bits per heavy atom. The van der Waals surface area contributed by atoms with E-state index in [9.17, 15) is 9.59 Å². The van der Waals surface area contributed by atoms with Gasteiger partial charge in [-0.05, 0) is 29.9 Å². The Balaban J connectivity index is 1.46. The molecule has 2 amide bonds. The van der Waals surface area contributed by atoms with Crippen molar-refractivity contribution in [3.05, 3.63) is 58.3 Å². The predicted molar refractivity (Wildman–Crippen MR) is 87.0 cm³/mol. The third-order valence-electron chi connectivity index (χ3n) is 4.02. The van der Waals surface area contributed by atoms with Crippen LogP contribution in [0.5, 0.6) is 0 Å². The topological polar surface area (TPSA) is 58.2 Å². The van der Waals surface area contributed by atoms with Gasteiger partial charge >= 0.3 is 0 Å². The van der Waals surface area contributed by atoms with E-state index in [-0.39, 0.29) is 23.8 Å². The number of nitrogens with one attached hydrogen (secondary N) is 2. The van der Waals surface area contributed by atoms with E-state index in [1.165, 1.54) is 16.9 Å². The molecule has 1 aromatic carbocycles. The van der Waals surface area contributed by atoms with Crippen LogP contribution in [0.3, 0.4) is 0 Å². The molecule has 22 heavy (non-hydrogen) atoms. The van der Waals surface area contributed by atoms with E-state index in [2.05, 4.69) is 22.8 Å². The fraction of sp³-hybridized carbons (Fsp3) is 0.294. The van der Waals surface area contributed by atoms with Gasteiger partial charge in [-0.1, -0.05) is 36.4 Å². The van der Waals surface area contributed by atoms with Gasteiger partial charge in [0.2, 0.25) is 5.91 Å². The molecule has 0 aliphatic heterocycles. The lowest BCUT2D eigenvalue weighted by Crippen LogP contribution is -2.40. The van der Waals surface area contributed by atoms with Crippen LogP contribution in [0.1, 0.15) is 28.1 Å². The van der Waals surface area contributed by atoms with Gasteiger partial charge in [0.1, 0.15) is 0 Å². The minimum Gasteiger partial charge on any atom is -0.354 e. The van der Waals surface area contributed by atoms with Gasteiger partial charge in [-0.15, -0.1) is 11.3 Å². The summed E-state index contributed by atoms with van der Waals surface area (Å²) < 4.78 is 0. The molecule has 0 bridgehead atoms. The van der Waals surface area contributed by atoms with E-state index in [4.69, 9.17) is 0 Å². The summed E-state index contributed by atoms with van der Waals surface area (Å²) in [5.41, 5.74) is 1.37. The molecule has 1 aromatic heterocycles. The summed E-state index contributed by atoms with van der Waals surface area (Å²) in [6.45, 7) is 0.645. The van der Waals surface area contributed by atoms with Gasteiger partial charge in [0.15, 0.2) is 0 Å². The van der Waals surface area contributed by atoms with Crippen molar-refractivity contribution in [2.75, 3.05) is 13.1 Å². The van der Waals surface area contributed by atoms with Crippen LogP contribution in [-0.2, 0) is 10.2 Å². The Morgan fingerprint density at radius 3 is 2.45 bits per heavy atom. The summed E-state index contributed by atoms with van der Waals surface area (Å²) in [6.07, 6.45) is 2.19. The average Bonchev–Trinajstić information content (AvgIpc) is 3.15. The zero-order valence-electron chi connectivity index (χ0n) is 12.2. The van der Waals surface area contributed by atoms with Gasteiger partial charge in [0.05, 0.1) is 11.4 Å². The second-order valence-corrected chi connectivity index (χ2v) is 6.53. The number of rotatable bonds is 6. The second-order valence-electron chi connectivity index (χ2n) is 5.58. The Kier molecular flexibility index (Phi) is 4.24. The lowest BCUT2D eigenvalue weighted by atomic mass is 9.96. The Labute approximate surface area is 133 Å². The minimum absolute atomic E-state index is 0.0155. The van der Waals surface area contributed by atoms with E-state index in [0.717, 1.165) is 12.8 Å². The Bertz CT molecular complexity index is 649. The van der Waals surface area contributed by atoms with Crippen LogP contribution in [0.2, 0.25) is 0 Å². The van der Waals surface area contributed by atoms with Gasteiger partial charge in [-0.3, -0.25) is 9.59 Å². The van der Waals surface area contributed by atoms with E-state index in [0.29, 0.717) is 11.4 Å². The van der Waals surface area contributed by atoms with Crippen molar-refractivity contribution in [1.29, 1.82) is 0 Å². The lowest BCUT2D eigenvalue weighted by molar-refractivity contribution is -0.120. The Hall–Kier alpha value is -2.14. The smallest absolute Gasteiger partial charge is 0.261 e. The van der Waals surface area contributed by atoms with E-state index < -0.39 is 0 Å². The summed E-state index contributed by atoms with van der Waals surface area (Å²) in [5.74, 6) is -0.346. The molecule has 0 saturated heterocycles. The van der Waals surface area contributed by atoms with Crippen LogP contribution < -0.4 is 10.6 Å². The highest BCUT2D eigenvalue weighted by Crippen LogP contribution is 2.47. The first-order chi connectivity index (χ1) is 10.7. The summed E-state index contributed by atoms with van der Waals surface area (Å²) in [7, 11) is 0. The summed E-state index contributed by atoms with van der Waals surface area (Å²) >= 11 is 1.36. The van der Waals surface area contributed by atoms with Crippen LogP contribution in [0.25, 0.3) is 0 Å². The van der Waals surface area contributed by atoms with Crippen LogP contribution in [0.15, 0.2) is 47.8 Å². The molecule has 1 aliphatic rings. The number of carbonyl (C=O) groups excluding carboxylic acids is 2. The largest absolute Gasteiger partial charge is 0.354 e. The van der Waals surface area contributed by atoms with E-state index in [1.54, 1.807) is 6.07 Å². The van der Waals surface area contributed by atoms with Gasteiger partial charge in [0.25, 0.3) is 5.91 Å². The summed E-state index contributed by atoms with van der Waals surface area (Å²) in [6, 6.07) is 13.8. The zero-order valence-corrected chi connectivity index (χ0v) is 13.0. The molecule has 1 aliphatic carbocycles. The van der Waals surface area contributed by atoms with Crippen LogP contribution in [-0.4, -0.2) is 24.9 Å². The lowest BCUT2D eigenvalue weighted by Gasteiger charge is -2.16. The number of thiophene rings is 1. The van der Waals surface area contributed by atoms with E-state index in [1.807, 2.05) is 29.6 Å². The van der Waals surface area contributed by atoms with E-state index >= 15 is 0 Å². The number of amides is 2. The van der Waals surface area contributed by atoms with Crippen LogP contribution >= 0.6 is 11.3 Å². The normalized spacial score (nSPS) is 15.1. The molecule has 0 unspecified atom stereocenters. The molecule has 2 N–H and O–H groups in total. The molecule has 3 rings (SSSR count). The highest BCUT2D eigenvalue weighted by Gasteiger charge is 2.44. The molecule has 5 heteroatoms. The van der Waals surface area contributed by atoms with Crippen molar-refractivity contribution in [3.63, 3.8) is 0 Å². The van der Waals surface area contributed by atoms with Crippen LogP contribution in [0.4, 0.5) is 0 Å². The maximum Gasteiger partial charge on any atom is 0.261 e. The minimum atomic E-state index is -0.200. The molecule has 1 saturated carbocycles. The molecule has 1 heterocycles. The number of hydrogen-bond donors (Lipinski definition) is 2.